The van der Waals surface area contributed by atoms with E-state index in [0.29, 0.717) is 36.8 Å². The molecule has 1 aliphatic heterocycles. The van der Waals surface area contributed by atoms with Gasteiger partial charge in [0.05, 0.1) is 17.0 Å². The molecule has 3 aromatic carbocycles. The Balaban J connectivity index is 1.14. The minimum absolute atomic E-state index is 0.0718. The summed E-state index contributed by atoms with van der Waals surface area (Å²) in [5, 5.41) is 0.540. The second kappa shape index (κ2) is 17.7. The second-order valence-corrected chi connectivity index (χ2v) is 16.7. The van der Waals surface area contributed by atoms with E-state index in [9.17, 15) is 18.0 Å². The van der Waals surface area contributed by atoms with Gasteiger partial charge in [0.2, 0.25) is 10.0 Å². The van der Waals surface area contributed by atoms with Gasteiger partial charge < -0.3 is 9.64 Å². The van der Waals surface area contributed by atoms with Crippen LogP contribution in [0.3, 0.4) is 0 Å². The number of nitrogens with zero attached hydrogens (tertiary/aromatic N) is 4. The van der Waals surface area contributed by atoms with Crippen LogP contribution in [0.2, 0.25) is 0 Å². The Morgan fingerprint density at radius 3 is 2.02 bits per heavy atom. The number of para-hydroxylation sites is 1. The molecule has 0 unspecified atom stereocenters. The summed E-state index contributed by atoms with van der Waals surface area (Å²) in [5.41, 5.74) is 2.16. The number of fused-ring (bicyclic) bond motifs is 1. The van der Waals surface area contributed by atoms with Gasteiger partial charge in [-0.05, 0) is 87.8 Å². The molecule has 10 nitrogen and oxygen atoms in total. The Hall–Kier alpha value is -3.61. The fraction of sp³-hybridized carbons (Fsp3) is 0.500. The van der Waals surface area contributed by atoms with Crippen molar-refractivity contribution in [3.8, 4) is 0 Å². The first-order valence-corrected chi connectivity index (χ1v) is 19.9. The molecule has 1 fully saturated rings. The molecule has 0 bridgehead atoms. The van der Waals surface area contributed by atoms with Crippen LogP contribution in [0.1, 0.15) is 69.6 Å². The van der Waals surface area contributed by atoms with Gasteiger partial charge in [-0.25, -0.2) is 17.9 Å². The molecule has 0 amide bonds. The van der Waals surface area contributed by atoms with E-state index in [0.717, 1.165) is 45.3 Å². The van der Waals surface area contributed by atoms with E-state index in [2.05, 4.69) is 58.2 Å². The first kappa shape index (κ1) is 38.6. The zero-order valence-corrected chi connectivity index (χ0v) is 31.5. The third-order valence-electron chi connectivity index (χ3n) is 9.87. The average molecular weight is 718 g/mol. The quantitative estimate of drug-likeness (QED) is 0.136. The number of benzene rings is 3. The van der Waals surface area contributed by atoms with Crippen LogP contribution in [0.4, 0.5) is 0 Å². The van der Waals surface area contributed by atoms with Crippen molar-refractivity contribution in [1.29, 1.82) is 0 Å². The maximum atomic E-state index is 13.8. The largest absolute Gasteiger partial charge is 0.365 e. The van der Waals surface area contributed by atoms with Gasteiger partial charge in [-0.2, -0.15) is 0 Å². The summed E-state index contributed by atoms with van der Waals surface area (Å²) in [7, 11) is 0.0280. The molecule has 1 aromatic heterocycles. The Labute approximate surface area is 303 Å². The van der Waals surface area contributed by atoms with Gasteiger partial charge in [-0.3, -0.25) is 18.8 Å². The maximum absolute atomic E-state index is 13.8. The minimum Gasteiger partial charge on any atom is -0.365 e. The van der Waals surface area contributed by atoms with E-state index in [1.165, 1.54) is 15.7 Å². The lowest BCUT2D eigenvalue weighted by Gasteiger charge is -2.34. The molecule has 1 saturated heterocycles. The summed E-state index contributed by atoms with van der Waals surface area (Å²) >= 11 is 0. The molecule has 51 heavy (non-hydrogen) atoms. The Morgan fingerprint density at radius 1 is 0.804 bits per heavy atom. The standard InChI is InChI=1S/C40H55N5O5S/c1-40(2,23-25-41-51(48,49)31-42(3)4)24-30-45-38(46)35-19-11-12-20-36(35)44(39(45)47)27-14-13-26-43-28-21-34(22-29-43)50-37(32-15-7-5-8-16-32)33-17-9-6-10-18-33/h5-12,15-20,34,37,41H,13-14,21-31H2,1-4H3. The molecular formula is C40H55N5O5S. The fourth-order valence-corrected chi connectivity index (χ4v) is 8.11. The number of rotatable bonds is 18. The topological polar surface area (TPSA) is 106 Å². The van der Waals surface area contributed by atoms with Gasteiger partial charge in [0.15, 0.2) is 0 Å². The van der Waals surface area contributed by atoms with Gasteiger partial charge in [-0.15, -0.1) is 0 Å². The third-order valence-corrected chi connectivity index (χ3v) is 11.4. The zero-order valence-electron chi connectivity index (χ0n) is 30.7. The molecule has 11 heteroatoms. The number of aromatic nitrogens is 2. The van der Waals surface area contributed by atoms with Crippen molar-refractivity contribution in [2.75, 3.05) is 46.2 Å². The highest BCUT2D eigenvalue weighted by molar-refractivity contribution is 7.89. The molecule has 0 spiro atoms. The van der Waals surface area contributed by atoms with Crippen LogP contribution in [-0.4, -0.2) is 79.6 Å². The predicted octanol–water partition coefficient (Wildman–Crippen LogP) is 5.46. The number of hydrogen-bond acceptors (Lipinski definition) is 7. The fourth-order valence-electron chi connectivity index (χ4n) is 6.93. The Morgan fingerprint density at radius 2 is 1.39 bits per heavy atom. The highest BCUT2D eigenvalue weighted by Gasteiger charge is 2.25. The highest BCUT2D eigenvalue weighted by atomic mass is 32.2. The number of aryl methyl sites for hydroxylation is 1. The van der Waals surface area contributed by atoms with E-state index in [4.69, 9.17) is 4.74 Å². The van der Waals surface area contributed by atoms with Crippen molar-refractivity contribution < 1.29 is 13.2 Å². The summed E-state index contributed by atoms with van der Waals surface area (Å²) in [6, 6.07) is 28.2. The average Bonchev–Trinajstić information content (AvgIpc) is 3.10. The molecule has 4 aromatic rings. The van der Waals surface area contributed by atoms with Gasteiger partial charge in [-0.1, -0.05) is 86.6 Å². The van der Waals surface area contributed by atoms with Crippen molar-refractivity contribution >= 4 is 20.9 Å². The highest BCUT2D eigenvalue weighted by Crippen LogP contribution is 2.30. The molecule has 0 saturated carbocycles. The number of sulfonamides is 1. The third kappa shape index (κ3) is 10.9. The lowest BCUT2D eigenvalue weighted by atomic mass is 9.86. The van der Waals surface area contributed by atoms with Gasteiger partial charge >= 0.3 is 5.69 Å². The van der Waals surface area contributed by atoms with Crippen molar-refractivity contribution in [3.63, 3.8) is 0 Å². The number of hydrogen-bond donors (Lipinski definition) is 1. The number of nitrogens with one attached hydrogen (secondary N) is 1. The molecule has 0 aliphatic carbocycles. The normalized spacial score (nSPS) is 14.9. The number of ether oxygens (including phenoxy) is 1. The number of piperidine rings is 1. The zero-order chi connectivity index (χ0) is 36.4. The molecular weight excluding hydrogens is 663 g/mol. The monoisotopic (exact) mass is 717 g/mol. The van der Waals surface area contributed by atoms with E-state index >= 15 is 0 Å². The summed E-state index contributed by atoms with van der Waals surface area (Å²) < 4.78 is 37.0. The molecule has 1 N–H and O–H groups in total. The smallest absolute Gasteiger partial charge is 0.331 e. The minimum atomic E-state index is -3.40. The summed E-state index contributed by atoms with van der Waals surface area (Å²) in [6.45, 7) is 8.08. The first-order chi connectivity index (χ1) is 24.4. The van der Waals surface area contributed by atoms with Crippen molar-refractivity contribution in [2.45, 2.75) is 77.7 Å². The molecule has 2 heterocycles. The van der Waals surface area contributed by atoms with Crippen LogP contribution in [-0.2, 0) is 27.8 Å². The Bertz CT molecular complexity index is 1880. The van der Waals surface area contributed by atoms with Gasteiger partial charge in [0.1, 0.15) is 12.0 Å². The SMILES string of the molecule is CN(C)CS(=O)(=O)NCCC(C)(C)CCn1c(=O)c2ccccc2n(CCCCN2CCC(OC(c3ccccc3)c3ccccc3)CC2)c1=O. The van der Waals surface area contributed by atoms with Crippen LogP contribution in [0, 0.1) is 5.41 Å². The van der Waals surface area contributed by atoms with E-state index < -0.39 is 10.0 Å². The number of unbranched alkanes of at least 4 members (excludes halogenated alkanes) is 1. The predicted molar refractivity (Wildman–Crippen MR) is 205 cm³/mol. The maximum Gasteiger partial charge on any atom is 0.331 e. The summed E-state index contributed by atoms with van der Waals surface area (Å²) in [4.78, 5) is 31.4. The van der Waals surface area contributed by atoms with E-state index in [1.807, 2.05) is 44.2 Å². The summed E-state index contributed by atoms with van der Waals surface area (Å²) in [5.74, 6) is -0.0718. The van der Waals surface area contributed by atoms with Crippen LogP contribution >= 0.6 is 0 Å². The van der Waals surface area contributed by atoms with Crippen molar-refractivity contribution in [2.24, 2.45) is 5.41 Å². The van der Waals surface area contributed by atoms with Crippen LogP contribution in [0.15, 0.2) is 94.5 Å². The lowest BCUT2D eigenvalue weighted by Crippen LogP contribution is -2.41. The molecule has 0 atom stereocenters. The van der Waals surface area contributed by atoms with E-state index in [-0.39, 0.29) is 41.3 Å². The molecule has 276 valence electrons. The second-order valence-electron chi connectivity index (χ2n) is 14.9. The first-order valence-electron chi connectivity index (χ1n) is 18.2. The number of likely N-dealkylation sites (tertiary alicyclic amines) is 1. The van der Waals surface area contributed by atoms with Crippen LogP contribution in [0.25, 0.3) is 10.9 Å². The van der Waals surface area contributed by atoms with Gasteiger partial charge in [0, 0.05) is 32.7 Å². The lowest BCUT2D eigenvalue weighted by molar-refractivity contribution is -0.0271. The van der Waals surface area contributed by atoms with Crippen molar-refractivity contribution in [3.05, 3.63) is 117 Å². The van der Waals surface area contributed by atoms with Crippen molar-refractivity contribution in [1.82, 2.24) is 23.7 Å². The molecule has 5 rings (SSSR count). The Kier molecular flexibility index (Phi) is 13.4. The molecule has 1 aliphatic rings. The van der Waals surface area contributed by atoms with Gasteiger partial charge in [0.25, 0.3) is 5.56 Å². The van der Waals surface area contributed by atoms with Crippen LogP contribution < -0.4 is 16.0 Å². The van der Waals surface area contributed by atoms with Crippen LogP contribution in [0.5, 0.6) is 0 Å². The van der Waals surface area contributed by atoms with E-state index in [1.54, 1.807) is 29.6 Å². The molecule has 0 radical (unpaired) electrons. The summed E-state index contributed by atoms with van der Waals surface area (Å²) in [6.07, 6.45) is 4.97.